The fourth-order valence-electron chi connectivity index (χ4n) is 3.71. The van der Waals surface area contributed by atoms with E-state index in [-0.39, 0.29) is 5.60 Å². The second-order valence-electron chi connectivity index (χ2n) is 8.10. The van der Waals surface area contributed by atoms with Crippen molar-refractivity contribution < 1.29 is 9.47 Å². The van der Waals surface area contributed by atoms with Crippen LogP contribution < -0.4 is 5.32 Å². The van der Waals surface area contributed by atoms with Crippen molar-refractivity contribution in [2.45, 2.75) is 59.7 Å². The van der Waals surface area contributed by atoms with Gasteiger partial charge in [-0.2, -0.15) is 15.1 Å². The molecular weight excluding hydrogens is 386 g/mol. The third kappa shape index (κ3) is 4.15. The molecule has 0 amide bonds. The molecular formula is C21H29N5O2S. The highest BCUT2D eigenvalue weighted by molar-refractivity contribution is 7.19. The molecule has 1 aliphatic heterocycles. The molecule has 0 spiro atoms. The molecule has 3 aromatic heterocycles. The number of hydrogen-bond acceptors (Lipinski definition) is 7. The van der Waals surface area contributed by atoms with Crippen LogP contribution in [0.1, 0.15) is 49.0 Å². The van der Waals surface area contributed by atoms with Crippen LogP contribution in [-0.2, 0) is 22.5 Å². The molecule has 1 N–H and O–H groups in total. The van der Waals surface area contributed by atoms with Crippen LogP contribution in [0.15, 0.2) is 6.07 Å². The number of nitrogens with zero attached hydrogens (tertiary/aromatic N) is 4. The molecule has 0 aromatic carbocycles. The van der Waals surface area contributed by atoms with Gasteiger partial charge < -0.3 is 14.8 Å². The Morgan fingerprint density at radius 3 is 2.86 bits per heavy atom. The Kier molecular flexibility index (Phi) is 5.59. The zero-order valence-corrected chi connectivity index (χ0v) is 18.7. The maximum absolute atomic E-state index is 6.03. The minimum absolute atomic E-state index is 0.179. The number of fused-ring (bicyclic) bond motifs is 3. The lowest BCUT2D eigenvalue weighted by Crippen LogP contribution is -2.31. The fraction of sp³-hybridized carbons (Fsp3) is 0.571. The van der Waals surface area contributed by atoms with Gasteiger partial charge in [0, 0.05) is 36.8 Å². The molecule has 0 bridgehead atoms. The van der Waals surface area contributed by atoms with Crippen LogP contribution in [0.4, 0.5) is 5.82 Å². The van der Waals surface area contributed by atoms with E-state index < -0.39 is 0 Å². The van der Waals surface area contributed by atoms with Crippen molar-refractivity contribution in [1.82, 2.24) is 19.7 Å². The van der Waals surface area contributed by atoms with Gasteiger partial charge >= 0.3 is 0 Å². The SMILES string of the molecule is CCOCCCNc1nc(-n2nc(C)cc2C)nc2sc3c(c12)CC(C)(C)OC3. The Balaban J connectivity index is 1.77. The lowest BCUT2D eigenvalue weighted by Gasteiger charge is -2.30. The first-order valence-electron chi connectivity index (χ1n) is 10.2. The van der Waals surface area contributed by atoms with E-state index in [2.05, 4.69) is 24.3 Å². The Morgan fingerprint density at radius 2 is 2.14 bits per heavy atom. The van der Waals surface area contributed by atoms with Gasteiger partial charge in [0.05, 0.1) is 23.3 Å². The molecule has 0 aliphatic carbocycles. The highest BCUT2D eigenvalue weighted by Crippen LogP contribution is 2.41. The van der Waals surface area contributed by atoms with Crippen molar-refractivity contribution in [1.29, 1.82) is 0 Å². The Hall–Kier alpha value is -2.03. The van der Waals surface area contributed by atoms with Gasteiger partial charge in [0.15, 0.2) is 0 Å². The number of thiophene rings is 1. The summed E-state index contributed by atoms with van der Waals surface area (Å²) in [4.78, 5) is 12.0. The van der Waals surface area contributed by atoms with E-state index in [9.17, 15) is 0 Å². The maximum Gasteiger partial charge on any atom is 0.254 e. The van der Waals surface area contributed by atoms with Gasteiger partial charge in [-0.3, -0.25) is 0 Å². The van der Waals surface area contributed by atoms with Crippen LogP contribution in [0.25, 0.3) is 16.2 Å². The average molecular weight is 416 g/mol. The van der Waals surface area contributed by atoms with E-state index in [1.807, 2.05) is 31.5 Å². The van der Waals surface area contributed by atoms with Crippen LogP contribution in [0.5, 0.6) is 0 Å². The minimum atomic E-state index is -0.179. The molecule has 0 saturated carbocycles. The first-order chi connectivity index (χ1) is 13.9. The van der Waals surface area contributed by atoms with Gasteiger partial charge in [-0.1, -0.05) is 0 Å². The number of aryl methyl sites for hydroxylation is 2. The van der Waals surface area contributed by atoms with E-state index in [0.717, 1.165) is 60.0 Å². The van der Waals surface area contributed by atoms with Crippen LogP contribution in [0, 0.1) is 13.8 Å². The van der Waals surface area contributed by atoms with Crippen molar-refractivity contribution >= 4 is 27.4 Å². The van der Waals surface area contributed by atoms with Gasteiger partial charge in [-0.15, -0.1) is 11.3 Å². The molecule has 8 heteroatoms. The second-order valence-corrected chi connectivity index (χ2v) is 9.18. The first-order valence-corrected chi connectivity index (χ1v) is 11.0. The van der Waals surface area contributed by atoms with E-state index in [0.29, 0.717) is 12.6 Å². The third-order valence-electron chi connectivity index (χ3n) is 5.08. The Bertz CT molecular complexity index is 1020. The molecule has 156 valence electrons. The lowest BCUT2D eigenvalue weighted by molar-refractivity contribution is -0.0379. The quantitative estimate of drug-likeness (QED) is 0.584. The summed E-state index contributed by atoms with van der Waals surface area (Å²) in [7, 11) is 0. The average Bonchev–Trinajstić information content (AvgIpc) is 3.19. The normalized spacial score (nSPS) is 15.6. The Morgan fingerprint density at radius 1 is 1.31 bits per heavy atom. The fourth-order valence-corrected chi connectivity index (χ4v) is 4.81. The van der Waals surface area contributed by atoms with Crippen molar-refractivity contribution in [2.75, 3.05) is 25.1 Å². The van der Waals surface area contributed by atoms with E-state index >= 15 is 0 Å². The van der Waals surface area contributed by atoms with Gasteiger partial charge in [-0.05, 0) is 52.7 Å². The smallest absolute Gasteiger partial charge is 0.254 e. The summed E-state index contributed by atoms with van der Waals surface area (Å²) < 4.78 is 13.3. The molecule has 29 heavy (non-hydrogen) atoms. The summed E-state index contributed by atoms with van der Waals surface area (Å²) in [6, 6.07) is 2.04. The lowest BCUT2D eigenvalue weighted by atomic mass is 9.94. The van der Waals surface area contributed by atoms with E-state index in [4.69, 9.17) is 19.4 Å². The van der Waals surface area contributed by atoms with Gasteiger partial charge in [0.25, 0.3) is 5.95 Å². The molecule has 7 nitrogen and oxygen atoms in total. The topological polar surface area (TPSA) is 74.1 Å². The second kappa shape index (κ2) is 8.01. The van der Waals surface area contributed by atoms with Crippen LogP contribution in [-0.4, -0.2) is 45.1 Å². The van der Waals surface area contributed by atoms with Crippen LogP contribution in [0.2, 0.25) is 0 Å². The molecule has 0 radical (unpaired) electrons. The van der Waals surface area contributed by atoms with Gasteiger partial charge in [0.2, 0.25) is 0 Å². The molecule has 0 unspecified atom stereocenters. The summed E-state index contributed by atoms with van der Waals surface area (Å²) in [5.74, 6) is 1.48. The van der Waals surface area contributed by atoms with Crippen LogP contribution in [0.3, 0.4) is 0 Å². The standard InChI is InChI=1S/C21H29N5O2S/c1-6-27-9-7-8-22-18-17-15-11-21(4,5)28-12-16(15)29-19(17)24-20(23-18)26-14(3)10-13(2)25-26/h10H,6-9,11-12H2,1-5H3,(H,22,23,24). The summed E-state index contributed by atoms with van der Waals surface area (Å²) in [5.41, 5.74) is 3.11. The summed E-state index contributed by atoms with van der Waals surface area (Å²) in [6.45, 7) is 13.2. The minimum Gasteiger partial charge on any atom is -0.382 e. The number of aromatic nitrogens is 4. The number of rotatable bonds is 7. The van der Waals surface area contributed by atoms with E-state index in [1.54, 1.807) is 11.3 Å². The number of nitrogens with one attached hydrogen (secondary N) is 1. The highest BCUT2D eigenvalue weighted by Gasteiger charge is 2.31. The zero-order chi connectivity index (χ0) is 20.6. The highest BCUT2D eigenvalue weighted by atomic mass is 32.1. The molecule has 3 aromatic rings. The largest absolute Gasteiger partial charge is 0.382 e. The molecule has 1 aliphatic rings. The third-order valence-corrected chi connectivity index (χ3v) is 6.18. The number of anilines is 1. The van der Waals surface area contributed by atoms with Crippen molar-refractivity contribution in [3.63, 3.8) is 0 Å². The summed E-state index contributed by atoms with van der Waals surface area (Å²) in [5, 5.41) is 9.25. The molecule has 4 rings (SSSR count). The van der Waals surface area contributed by atoms with Crippen molar-refractivity contribution in [3.05, 3.63) is 27.9 Å². The molecule has 0 fully saturated rings. The predicted octanol–water partition coefficient (Wildman–Crippen LogP) is 4.18. The first kappa shape index (κ1) is 20.3. The van der Waals surface area contributed by atoms with Gasteiger partial charge in [-0.25, -0.2) is 4.68 Å². The zero-order valence-electron chi connectivity index (χ0n) is 17.8. The van der Waals surface area contributed by atoms with E-state index in [1.165, 1.54) is 10.4 Å². The van der Waals surface area contributed by atoms with Crippen LogP contribution >= 0.6 is 11.3 Å². The molecule has 0 saturated heterocycles. The number of ether oxygens (including phenoxy) is 2. The van der Waals surface area contributed by atoms with Crippen molar-refractivity contribution in [3.8, 4) is 5.95 Å². The maximum atomic E-state index is 6.03. The molecule has 4 heterocycles. The summed E-state index contributed by atoms with van der Waals surface area (Å²) in [6.07, 6.45) is 1.79. The summed E-state index contributed by atoms with van der Waals surface area (Å²) >= 11 is 1.70. The Labute approximate surface area is 175 Å². The van der Waals surface area contributed by atoms with Gasteiger partial charge in [0.1, 0.15) is 10.6 Å². The predicted molar refractivity (Wildman–Crippen MR) is 116 cm³/mol. The monoisotopic (exact) mass is 415 g/mol. The van der Waals surface area contributed by atoms with Crippen molar-refractivity contribution in [2.24, 2.45) is 0 Å². The number of hydrogen-bond donors (Lipinski definition) is 1. The molecule has 0 atom stereocenters.